The Balaban J connectivity index is 2.50. The zero-order valence-electron chi connectivity index (χ0n) is 11.3. The number of hydrogen-bond donors (Lipinski definition) is 0. The molecule has 1 fully saturated rings. The van der Waals surface area contributed by atoms with E-state index in [0.717, 1.165) is 45.3 Å². The standard InChI is InChI=1S/C15H26O2/c1-3-5-7-14(6-4-2)15(16)12-13-8-10-17-11-9-13/h12,14H,3-11H2,1-2H3. The molecule has 0 aliphatic carbocycles. The summed E-state index contributed by atoms with van der Waals surface area (Å²) in [5, 5.41) is 0. The van der Waals surface area contributed by atoms with Crippen LogP contribution in [0.25, 0.3) is 0 Å². The maximum absolute atomic E-state index is 12.2. The highest BCUT2D eigenvalue weighted by molar-refractivity contribution is 5.92. The lowest BCUT2D eigenvalue weighted by molar-refractivity contribution is -0.118. The van der Waals surface area contributed by atoms with Gasteiger partial charge in [0, 0.05) is 5.92 Å². The molecule has 0 spiro atoms. The van der Waals surface area contributed by atoms with E-state index in [9.17, 15) is 4.79 Å². The molecular formula is C15H26O2. The number of allylic oxidation sites excluding steroid dienone is 1. The molecule has 0 amide bonds. The van der Waals surface area contributed by atoms with Crippen LogP contribution in [0.4, 0.5) is 0 Å². The Labute approximate surface area is 105 Å². The number of rotatable bonds is 7. The summed E-state index contributed by atoms with van der Waals surface area (Å²) in [4.78, 5) is 12.2. The number of ether oxygens (including phenoxy) is 1. The zero-order chi connectivity index (χ0) is 12.5. The molecule has 1 rings (SSSR count). The molecule has 0 N–H and O–H groups in total. The third-order valence-corrected chi connectivity index (χ3v) is 3.43. The van der Waals surface area contributed by atoms with Gasteiger partial charge in [-0.05, 0) is 31.8 Å². The first-order valence-electron chi connectivity index (χ1n) is 7.09. The largest absolute Gasteiger partial charge is 0.381 e. The second kappa shape index (κ2) is 8.46. The minimum atomic E-state index is 0.260. The van der Waals surface area contributed by atoms with Gasteiger partial charge >= 0.3 is 0 Å². The quantitative estimate of drug-likeness (QED) is 0.629. The maximum Gasteiger partial charge on any atom is 0.158 e. The van der Waals surface area contributed by atoms with Crippen LogP contribution in [0, 0.1) is 5.92 Å². The van der Waals surface area contributed by atoms with Gasteiger partial charge in [0.1, 0.15) is 0 Å². The molecular weight excluding hydrogens is 212 g/mol. The second-order valence-corrected chi connectivity index (χ2v) is 4.95. The van der Waals surface area contributed by atoms with E-state index in [1.807, 2.05) is 6.08 Å². The van der Waals surface area contributed by atoms with Crippen LogP contribution in [-0.2, 0) is 9.53 Å². The van der Waals surface area contributed by atoms with Gasteiger partial charge in [0.05, 0.1) is 13.2 Å². The van der Waals surface area contributed by atoms with Gasteiger partial charge in [0.2, 0.25) is 0 Å². The first-order valence-corrected chi connectivity index (χ1v) is 7.09. The van der Waals surface area contributed by atoms with Gasteiger partial charge in [-0.1, -0.05) is 38.7 Å². The van der Waals surface area contributed by atoms with Gasteiger partial charge in [0.15, 0.2) is 5.78 Å². The number of carbonyl (C=O) groups is 1. The molecule has 98 valence electrons. The van der Waals surface area contributed by atoms with Crippen LogP contribution in [0.2, 0.25) is 0 Å². The van der Waals surface area contributed by atoms with Crippen LogP contribution in [0.1, 0.15) is 58.8 Å². The molecule has 2 nitrogen and oxygen atoms in total. The third-order valence-electron chi connectivity index (χ3n) is 3.43. The average Bonchev–Trinajstić information content (AvgIpc) is 2.35. The molecule has 2 heteroatoms. The lowest BCUT2D eigenvalue weighted by Gasteiger charge is -2.17. The highest BCUT2D eigenvalue weighted by atomic mass is 16.5. The monoisotopic (exact) mass is 238 g/mol. The molecule has 1 heterocycles. The van der Waals surface area contributed by atoms with Gasteiger partial charge < -0.3 is 4.74 Å². The fourth-order valence-electron chi connectivity index (χ4n) is 2.32. The summed E-state index contributed by atoms with van der Waals surface area (Å²) in [6, 6.07) is 0. The average molecular weight is 238 g/mol. The minimum Gasteiger partial charge on any atom is -0.381 e. The Morgan fingerprint density at radius 3 is 2.53 bits per heavy atom. The van der Waals surface area contributed by atoms with Crippen LogP contribution in [0.5, 0.6) is 0 Å². The fraction of sp³-hybridized carbons (Fsp3) is 0.800. The van der Waals surface area contributed by atoms with Crippen LogP contribution in [-0.4, -0.2) is 19.0 Å². The summed E-state index contributed by atoms with van der Waals surface area (Å²) in [6.07, 6.45) is 9.35. The summed E-state index contributed by atoms with van der Waals surface area (Å²) < 4.78 is 5.30. The SMILES string of the molecule is CCCCC(CCC)C(=O)C=C1CCOCC1. The Bertz CT molecular complexity index is 248. The highest BCUT2D eigenvalue weighted by Crippen LogP contribution is 2.20. The van der Waals surface area contributed by atoms with Crippen molar-refractivity contribution in [3.63, 3.8) is 0 Å². The van der Waals surface area contributed by atoms with Crippen LogP contribution < -0.4 is 0 Å². The molecule has 0 saturated carbocycles. The van der Waals surface area contributed by atoms with E-state index in [-0.39, 0.29) is 5.92 Å². The van der Waals surface area contributed by atoms with Gasteiger partial charge in [-0.3, -0.25) is 4.79 Å². The number of ketones is 1. The smallest absolute Gasteiger partial charge is 0.158 e. The van der Waals surface area contributed by atoms with E-state index in [2.05, 4.69) is 13.8 Å². The van der Waals surface area contributed by atoms with Crippen molar-refractivity contribution in [2.75, 3.05) is 13.2 Å². The Kier molecular flexibility index (Phi) is 7.18. The molecule has 1 saturated heterocycles. The summed E-state index contributed by atoms with van der Waals surface area (Å²) in [5.41, 5.74) is 1.29. The van der Waals surface area contributed by atoms with Crippen molar-refractivity contribution < 1.29 is 9.53 Å². The maximum atomic E-state index is 12.2. The normalized spacial score (nSPS) is 17.9. The molecule has 0 bridgehead atoms. The van der Waals surface area contributed by atoms with Gasteiger partial charge in [-0.15, -0.1) is 0 Å². The third kappa shape index (κ3) is 5.49. The molecule has 17 heavy (non-hydrogen) atoms. The predicted octanol–water partition coefficient (Wildman–Crippen LogP) is 3.90. The Morgan fingerprint density at radius 1 is 1.24 bits per heavy atom. The fourth-order valence-corrected chi connectivity index (χ4v) is 2.32. The molecule has 0 aromatic carbocycles. The molecule has 1 atom stereocenters. The molecule has 1 aliphatic heterocycles. The van der Waals surface area contributed by atoms with Crippen LogP contribution in [0.3, 0.4) is 0 Å². The molecule has 0 aromatic rings. The summed E-state index contributed by atoms with van der Waals surface area (Å²) >= 11 is 0. The van der Waals surface area contributed by atoms with Gasteiger partial charge in [0.25, 0.3) is 0 Å². The van der Waals surface area contributed by atoms with E-state index in [4.69, 9.17) is 4.74 Å². The lowest BCUT2D eigenvalue weighted by atomic mass is 9.91. The number of hydrogen-bond acceptors (Lipinski definition) is 2. The van der Waals surface area contributed by atoms with Crippen molar-refractivity contribution in [3.8, 4) is 0 Å². The topological polar surface area (TPSA) is 26.3 Å². The number of carbonyl (C=O) groups excluding carboxylic acids is 1. The first-order chi connectivity index (χ1) is 8.27. The predicted molar refractivity (Wildman–Crippen MR) is 71.1 cm³/mol. The van der Waals surface area contributed by atoms with Crippen molar-refractivity contribution in [1.29, 1.82) is 0 Å². The van der Waals surface area contributed by atoms with Crippen molar-refractivity contribution in [1.82, 2.24) is 0 Å². The first kappa shape index (κ1) is 14.4. The van der Waals surface area contributed by atoms with Crippen molar-refractivity contribution in [2.24, 2.45) is 5.92 Å². The lowest BCUT2D eigenvalue weighted by Crippen LogP contribution is -2.15. The van der Waals surface area contributed by atoms with E-state index in [0.29, 0.717) is 5.78 Å². The molecule has 1 aliphatic rings. The number of unbranched alkanes of at least 4 members (excludes halogenated alkanes) is 1. The van der Waals surface area contributed by atoms with Crippen molar-refractivity contribution >= 4 is 5.78 Å². The van der Waals surface area contributed by atoms with Crippen LogP contribution in [0.15, 0.2) is 11.6 Å². The Hall–Kier alpha value is -0.630. The molecule has 0 aromatic heterocycles. The van der Waals surface area contributed by atoms with Crippen molar-refractivity contribution in [3.05, 3.63) is 11.6 Å². The minimum absolute atomic E-state index is 0.260. The van der Waals surface area contributed by atoms with E-state index in [1.54, 1.807) is 0 Å². The summed E-state index contributed by atoms with van der Waals surface area (Å²) in [6.45, 7) is 5.91. The van der Waals surface area contributed by atoms with Crippen molar-refractivity contribution in [2.45, 2.75) is 58.8 Å². The zero-order valence-corrected chi connectivity index (χ0v) is 11.3. The van der Waals surface area contributed by atoms with Gasteiger partial charge in [-0.2, -0.15) is 0 Å². The Morgan fingerprint density at radius 2 is 1.94 bits per heavy atom. The van der Waals surface area contributed by atoms with E-state index >= 15 is 0 Å². The molecule has 1 unspecified atom stereocenters. The highest BCUT2D eigenvalue weighted by Gasteiger charge is 2.16. The van der Waals surface area contributed by atoms with Crippen LogP contribution >= 0.6 is 0 Å². The van der Waals surface area contributed by atoms with E-state index in [1.165, 1.54) is 18.4 Å². The van der Waals surface area contributed by atoms with Gasteiger partial charge in [-0.25, -0.2) is 0 Å². The second-order valence-electron chi connectivity index (χ2n) is 4.95. The summed E-state index contributed by atoms with van der Waals surface area (Å²) in [5.74, 6) is 0.618. The molecule has 0 radical (unpaired) electrons. The summed E-state index contributed by atoms with van der Waals surface area (Å²) in [7, 11) is 0. The van der Waals surface area contributed by atoms with E-state index < -0.39 is 0 Å².